The molecule has 19 heteroatoms. The number of nitrogens with zero attached hydrogens (tertiary/aromatic N) is 5. The van der Waals surface area contributed by atoms with E-state index >= 15 is 0 Å². The highest BCUT2D eigenvalue weighted by Crippen LogP contribution is 2.33. The fourth-order valence-electron chi connectivity index (χ4n) is 4.47. The lowest BCUT2D eigenvalue weighted by molar-refractivity contribution is -0.728. The van der Waals surface area contributed by atoms with Gasteiger partial charge in [-0.15, -0.1) is 5.01 Å². The third-order valence-electron chi connectivity index (χ3n) is 7.35. The summed E-state index contributed by atoms with van der Waals surface area (Å²) < 4.78 is 79.2. The standard InChI is InChI=1S/C32H37F3N6O9S/c1-20-6-8-23(9-7-20)26-16-27(32(33,34)35)36-40(26)24-10-12-25(13-11-24)51(46,47)37-28(42)14-15-29(43)48-19-22-17-39(18-22)41(45)38-50-21(2)49-30(44)31(3,4)5/h6-13,16,21-22H,14-15,17-19H2,1-5H3,(H,37,42)/b41-38-. The van der Waals surface area contributed by atoms with Crippen molar-refractivity contribution in [1.82, 2.24) is 19.5 Å². The Morgan fingerprint density at radius 1 is 1.06 bits per heavy atom. The summed E-state index contributed by atoms with van der Waals surface area (Å²) in [5, 5.41) is 20.3. The smallest absolute Gasteiger partial charge is 0.435 e. The first-order valence-corrected chi connectivity index (χ1v) is 17.1. The lowest BCUT2D eigenvalue weighted by Crippen LogP contribution is -2.52. The van der Waals surface area contributed by atoms with Crippen LogP contribution in [-0.2, 0) is 44.9 Å². The fourth-order valence-corrected chi connectivity index (χ4v) is 5.48. The van der Waals surface area contributed by atoms with Gasteiger partial charge in [0, 0.05) is 24.8 Å². The minimum Gasteiger partial charge on any atom is -0.569 e. The Bertz CT molecular complexity index is 1870. The molecule has 276 valence electrons. The lowest BCUT2D eigenvalue weighted by atomic mass is 9.97. The Hall–Kier alpha value is -5.20. The van der Waals surface area contributed by atoms with Crippen molar-refractivity contribution >= 4 is 27.9 Å². The summed E-state index contributed by atoms with van der Waals surface area (Å²) in [5.74, 6) is -2.51. The van der Waals surface area contributed by atoms with Crippen LogP contribution in [0.3, 0.4) is 0 Å². The van der Waals surface area contributed by atoms with Crippen LogP contribution in [0.1, 0.15) is 51.8 Å². The number of nitrogens with one attached hydrogen (secondary N) is 1. The summed E-state index contributed by atoms with van der Waals surface area (Å²) in [4.78, 5) is 41.1. The van der Waals surface area contributed by atoms with Gasteiger partial charge in [0.15, 0.2) is 5.69 Å². The number of hydrogen-bond acceptors (Lipinski definition) is 11. The van der Waals surface area contributed by atoms with Crippen LogP contribution >= 0.6 is 0 Å². The Morgan fingerprint density at radius 2 is 1.69 bits per heavy atom. The number of hydrazine groups is 1. The van der Waals surface area contributed by atoms with E-state index in [-0.39, 0.29) is 46.9 Å². The summed E-state index contributed by atoms with van der Waals surface area (Å²) in [5.41, 5.74) is -0.260. The van der Waals surface area contributed by atoms with Crippen LogP contribution in [0.2, 0.25) is 0 Å². The van der Waals surface area contributed by atoms with Gasteiger partial charge in [-0.1, -0.05) is 29.8 Å². The van der Waals surface area contributed by atoms with Gasteiger partial charge in [0.25, 0.3) is 16.3 Å². The first-order valence-electron chi connectivity index (χ1n) is 15.6. The van der Waals surface area contributed by atoms with E-state index in [4.69, 9.17) is 14.3 Å². The number of ether oxygens (including phenoxy) is 2. The molecule has 51 heavy (non-hydrogen) atoms. The monoisotopic (exact) mass is 738 g/mol. The van der Waals surface area contributed by atoms with Gasteiger partial charge in [0.1, 0.15) is 0 Å². The van der Waals surface area contributed by atoms with E-state index in [2.05, 4.69) is 10.4 Å². The second kappa shape index (κ2) is 15.4. The topological polar surface area (TPSA) is 185 Å². The second-order valence-electron chi connectivity index (χ2n) is 12.8. The summed E-state index contributed by atoms with van der Waals surface area (Å²) in [6.45, 7) is 8.48. The molecule has 2 aromatic carbocycles. The van der Waals surface area contributed by atoms with Crippen molar-refractivity contribution in [3.05, 3.63) is 71.1 Å². The van der Waals surface area contributed by atoms with Gasteiger partial charge in [-0.2, -0.15) is 18.3 Å². The van der Waals surface area contributed by atoms with E-state index < -0.39 is 64.3 Å². The summed E-state index contributed by atoms with van der Waals surface area (Å²) in [7, 11) is -4.39. The van der Waals surface area contributed by atoms with Gasteiger partial charge in [0.05, 0.1) is 52.8 Å². The van der Waals surface area contributed by atoms with E-state index in [1.165, 1.54) is 24.1 Å². The van der Waals surface area contributed by atoms with Gasteiger partial charge in [-0.05, 0) is 58.0 Å². The number of halogens is 3. The van der Waals surface area contributed by atoms with E-state index in [1.807, 2.05) is 11.6 Å². The number of aromatic nitrogens is 2. The van der Waals surface area contributed by atoms with Crippen molar-refractivity contribution in [2.24, 2.45) is 16.6 Å². The number of amides is 1. The zero-order valence-electron chi connectivity index (χ0n) is 28.3. The van der Waals surface area contributed by atoms with Crippen molar-refractivity contribution in [1.29, 1.82) is 0 Å². The first-order chi connectivity index (χ1) is 23.7. The van der Waals surface area contributed by atoms with E-state index in [0.717, 1.165) is 28.4 Å². The van der Waals surface area contributed by atoms with Crippen LogP contribution in [0.25, 0.3) is 16.9 Å². The number of rotatable bonds is 13. The number of esters is 2. The molecule has 0 bridgehead atoms. The second-order valence-corrected chi connectivity index (χ2v) is 14.5. The Labute approximate surface area is 291 Å². The maximum atomic E-state index is 13.5. The zero-order valence-corrected chi connectivity index (χ0v) is 29.2. The van der Waals surface area contributed by atoms with Crippen LogP contribution in [0.5, 0.6) is 0 Å². The van der Waals surface area contributed by atoms with Gasteiger partial charge in [-0.25, -0.2) is 17.8 Å². The Morgan fingerprint density at radius 3 is 2.27 bits per heavy atom. The molecule has 1 aromatic heterocycles. The molecule has 3 aromatic rings. The van der Waals surface area contributed by atoms with Crippen molar-refractivity contribution in [3.63, 3.8) is 0 Å². The van der Waals surface area contributed by atoms with Crippen LogP contribution in [0, 0.1) is 23.5 Å². The average molecular weight is 739 g/mol. The fraction of sp³-hybridized carbons (Fsp3) is 0.438. The third kappa shape index (κ3) is 10.4. The van der Waals surface area contributed by atoms with Crippen LogP contribution in [0.4, 0.5) is 13.2 Å². The highest BCUT2D eigenvalue weighted by molar-refractivity contribution is 7.90. The molecule has 0 spiro atoms. The van der Waals surface area contributed by atoms with Gasteiger partial charge in [0.2, 0.25) is 11.2 Å². The molecule has 0 saturated carbocycles. The molecule has 1 aliphatic heterocycles. The number of benzene rings is 2. The molecule has 1 atom stereocenters. The predicted molar refractivity (Wildman–Crippen MR) is 171 cm³/mol. The molecule has 1 fully saturated rings. The predicted octanol–water partition coefficient (Wildman–Crippen LogP) is 4.67. The normalized spacial score (nSPS) is 14.7. The highest BCUT2D eigenvalue weighted by Gasteiger charge is 2.36. The zero-order chi connectivity index (χ0) is 37.7. The maximum Gasteiger partial charge on any atom is 0.435 e. The van der Waals surface area contributed by atoms with E-state index in [1.54, 1.807) is 45.0 Å². The molecular formula is C32H37F3N6O9S. The van der Waals surface area contributed by atoms with Crippen molar-refractivity contribution < 1.29 is 55.3 Å². The summed E-state index contributed by atoms with van der Waals surface area (Å²) in [6.07, 6.45) is -6.76. The Balaban J connectivity index is 1.24. The molecule has 1 aliphatic rings. The van der Waals surface area contributed by atoms with Gasteiger partial charge < -0.3 is 14.7 Å². The van der Waals surface area contributed by atoms with Crippen LogP contribution in [-0.4, -0.2) is 72.0 Å². The van der Waals surface area contributed by atoms with Crippen LogP contribution in [0.15, 0.2) is 64.8 Å². The molecule has 1 amide bonds. The molecular weight excluding hydrogens is 701 g/mol. The molecule has 0 radical (unpaired) electrons. The summed E-state index contributed by atoms with van der Waals surface area (Å²) >= 11 is 0. The quantitative estimate of drug-likeness (QED) is 0.0845. The SMILES string of the molecule is Cc1ccc(-c2cc(C(F)(F)F)nn2-c2ccc(S(=O)(=O)NC(=O)CCC(=O)OCC3CN(/[N+]([O-])=N/OC(C)OC(=O)C(C)(C)C)C3)cc2)cc1. The largest absolute Gasteiger partial charge is 0.569 e. The van der Waals surface area contributed by atoms with E-state index in [9.17, 15) is 41.2 Å². The Kier molecular flexibility index (Phi) is 11.6. The number of carbonyl (C=O) groups excluding carboxylic acids is 3. The van der Waals surface area contributed by atoms with Crippen LogP contribution < -0.4 is 4.72 Å². The minimum absolute atomic E-state index is 0.0672. The van der Waals surface area contributed by atoms with Crippen molar-refractivity contribution in [3.8, 4) is 16.9 Å². The number of alkyl halides is 3. The van der Waals surface area contributed by atoms with Gasteiger partial charge in [-0.3, -0.25) is 19.2 Å². The highest BCUT2D eigenvalue weighted by atomic mass is 32.2. The molecule has 1 unspecified atom stereocenters. The molecule has 15 nitrogen and oxygen atoms in total. The first kappa shape index (κ1) is 38.6. The maximum absolute atomic E-state index is 13.5. The summed E-state index contributed by atoms with van der Waals surface area (Å²) in [6, 6.07) is 12.4. The number of sulfonamides is 1. The third-order valence-corrected chi connectivity index (χ3v) is 8.74. The molecule has 1 saturated heterocycles. The van der Waals surface area contributed by atoms with E-state index in [0.29, 0.717) is 5.56 Å². The molecule has 1 N–H and O–H groups in total. The average Bonchev–Trinajstić information content (AvgIpc) is 3.48. The molecule has 4 rings (SSSR count). The number of carbonyl (C=O) groups is 3. The van der Waals surface area contributed by atoms with Crippen molar-refractivity contribution in [2.75, 3.05) is 19.7 Å². The van der Waals surface area contributed by atoms with Gasteiger partial charge >= 0.3 is 18.1 Å². The number of hydrogen-bond donors (Lipinski definition) is 1. The molecule has 2 heterocycles. The number of aryl methyl sites for hydroxylation is 1. The van der Waals surface area contributed by atoms with Crippen molar-refractivity contribution in [2.45, 2.75) is 64.8 Å². The lowest BCUT2D eigenvalue weighted by Gasteiger charge is -2.33. The minimum atomic E-state index is -4.72. The molecule has 0 aliphatic carbocycles.